The van der Waals surface area contributed by atoms with Gasteiger partial charge in [0.1, 0.15) is 24.9 Å². The predicted molar refractivity (Wildman–Crippen MR) is 167 cm³/mol. The summed E-state index contributed by atoms with van der Waals surface area (Å²) in [7, 11) is -0.0648. The van der Waals surface area contributed by atoms with E-state index in [0.29, 0.717) is 29.2 Å². The van der Waals surface area contributed by atoms with Crippen LogP contribution in [0.3, 0.4) is 0 Å². The van der Waals surface area contributed by atoms with Crippen molar-refractivity contribution >= 4 is 14.0 Å². The summed E-state index contributed by atoms with van der Waals surface area (Å²) in [5, 5.41) is 0. The smallest absolute Gasteiger partial charge is 0.435 e. The molecule has 0 spiro atoms. The van der Waals surface area contributed by atoms with E-state index in [1.165, 1.54) is 17.9 Å². The molecule has 0 atom stereocenters. The van der Waals surface area contributed by atoms with Crippen LogP contribution in [0.4, 0.5) is 13.2 Å². The molecule has 7 nitrogen and oxygen atoms in total. The Morgan fingerprint density at radius 2 is 1.57 bits per heavy atom. The van der Waals surface area contributed by atoms with E-state index in [9.17, 15) is 18.0 Å². The van der Waals surface area contributed by atoms with Crippen molar-refractivity contribution in [3.05, 3.63) is 78.6 Å². The van der Waals surface area contributed by atoms with Gasteiger partial charge in [0.2, 0.25) is 0 Å². The van der Waals surface area contributed by atoms with Gasteiger partial charge < -0.3 is 14.2 Å². The van der Waals surface area contributed by atoms with Gasteiger partial charge in [0.25, 0.3) is 0 Å². The molecular formula is C33H38F3N3O4Si. The number of alkyl halides is 3. The second-order valence-corrected chi connectivity index (χ2v) is 18.0. The molecule has 0 saturated carbocycles. The van der Waals surface area contributed by atoms with Gasteiger partial charge in [-0.2, -0.15) is 13.2 Å². The zero-order valence-corrected chi connectivity index (χ0v) is 26.9. The standard InChI is InChI=1S/C33H38F3N3O4Si/c1-32(2,31(40)41-3)21-43-26-15-12-23(13-16-26)27-17-14-25(20-37-27)30-38-29(33(34,35)36)28(24-10-8-7-9-11-24)39(30)22-42-18-19-44(4,5)6/h7-17,20H,18-19,21-22H2,1-6H3. The number of benzene rings is 2. The molecule has 0 saturated heterocycles. The molecule has 234 valence electrons. The molecule has 0 amide bonds. The van der Waals surface area contributed by atoms with E-state index in [4.69, 9.17) is 14.2 Å². The molecular weight excluding hydrogens is 587 g/mol. The van der Waals surface area contributed by atoms with E-state index < -0.39 is 25.4 Å². The highest BCUT2D eigenvalue weighted by Crippen LogP contribution is 2.40. The van der Waals surface area contributed by atoms with Gasteiger partial charge in [0.05, 0.1) is 23.9 Å². The minimum absolute atomic E-state index is 0.0452. The first kappa shape index (κ1) is 32.9. The molecule has 0 radical (unpaired) electrons. The number of ether oxygens (including phenoxy) is 3. The number of aromatic nitrogens is 3. The van der Waals surface area contributed by atoms with E-state index in [1.807, 2.05) is 12.1 Å². The largest absolute Gasteiger partial charge is 0.492 e. The van der Waals surface area contributed by atoms with Crippen LogP contribution in [0.15, 0.2) is 72.9 Å². The predicted octanol–water partition coefficient (Wildman–Crippen LogP) is 8.19. The van der Waals surface area contributed by atoms with E-state index in [0.717, 1.165) is 11.6 Å². The van der Waals surface area contributed by atoms with Gasteiger partial charge in [-0.1, -0.05) is 50.0 Å². The van der Waals surface area contributed by atoms with Crippen molar-refractivity contribution in [2.24, 2.45) is 5.41 Å². The monoisotopic (exact) mass is 625 g/mol. The van der Waals surface area contributed by atoms with Gasteiger partial charge in [-0.05, 0) is 56.3 Å². The Morgan fingerprint density at radius 1 is 0.909 bits per heavy atom. The second-order valence-electron chi connectivity index (χ2n) is 12.4. The molecule has 0 unspecified atom stereocenters. The summed E-state index contributed by atoms with van der Waals surface area (Å²) in [5.41, 5.74) is 0.421. The summed E-state index contributed by atoms with van der Waals surface area (Å²) in [6, 6.07) is 20.0. The summed E-state index contributed by atoms with van der Waals surface area (Å²) in [4.78, 5) is 20.6. The molecule has 4 rings (SSSR count). The minimum atomic E-state index is -4.67. The Morgan fingerprint density at radius 3 is 2.14 bits per heavy atom. The van der Waals surface area contributed by atoms with Crippen molar-refractivity contribution in [1.82, 2.24) is 14.5 Å². The van der Waals surface area contributed by atoms with E-state index in [1.54, 1.807) is 68.4 Å². The van der Waals surface area contributed by atoms with Crippen LogP contribution in [0.25, 0.3) is 33.9 Å². The fraction of sp³-hybridized carbons (Fsp3) is 0.364. The van der Waals surface area contributed by atoms with Crippen LogP contribution in [0.5, 0.6) is 5.75 Å². The first-order valence-electron chi connectivity index (χ1n) is 14.3. The summed E-state index contributed by atoms with van der Waals surface area (Å²) >= 11 is 0. The van der Waals surface area contributed by atoms with Crippen molar-refractivity contribution in [1.29, 1.82) is 0 Å². The number of pyridine rings is 1. The lowest BCUT2D eigenvalue weighted by atomic mass is 9.95. The van der Waals surface area contributed by atoms with Gasteiger partial charge >= 0.3 is 12.1 Å². The molecule has 2 aromatic carbocycles. The van der Waals surface area contributed by atoms with Gasteiger partial charge in [-0.3, -0.25) is 14.3 Å². The Kier molecular flexibility index (Phi) is 10.00. The third kappa shape index (κ3) is 8.15. The lowest BCUT2D eigenvalue weighted by Gasteiger charge is -2.21. The SMILES string of the molecule is COC(=O)C(C)(C)COc1ccc(-c2ccc(-c3nc(C(F)(F)F)c(-c4ccccc4)n3COCC[Si](C)(C)C)cn2)cc1. The summed E-state index contributed by atoms with van der Waals surface area (Å²) < 4.78 is 61.0. The molecule has 0 bridgehead atoms. The maximum Gasteiger partial charge on any atom is 0.435 e. The zero-order chi connectivity index (χ0) is 32.1. The number of carbonyl (C=O) groups excluding carboxylic acids is 1. The Bertz CT molecular complexity index is 1550. The van der Waals surface area contributed by atoms with Crippen LogP contribution in [-0.4, -0.2) is 48.9 Å². The first-order valence-corrected chi connectivity index (χ1v) is 18.0. The number of methoxy groups -OCH3 is 1. The number of rotatable bonds is 12. The normalized spacial score (nSPS) is 12.3. The number of esters is 1. The van der Waals surface area contributed by atoms with Crippen LogP contribution in [0, 0.1) is 5.41 Å². The Hall–Kier alpha value is -3.96. The van der Waals surface area contributed by atoms with Crippen molar-refractivity contribution in [2.75, 3.05) is 20.3 Å². The molecule has 4 aromatic rings. The van der Waals surface area contributed by atoms with Crippen LogP contribution in [-0.2, 0) is 27.2 Å². The summed E-state index contributed by atoms with van der Waals surface area (Å²) in [6.45, 7) is 10.6. The average molecular weight is 626 g/mol. The number of carbonyl (C=O) groups is 1. The molecule has 0 aliphatic carbocycles. The van der Waals surface area contributed by atoms with Crippen molar-refractivity contribution in [3.8, 4) is 39.7 Å². The molecule has 0 aliphatic rings. The maximum absolute atomic E-state index is 14.3. The highest BCUT2D eigenvalue weighted by atomic mass is 28.3. The molecule has 2 aromatic heterocycles. The fourth-order valence-electron chi connectivity index (χ4n) is 4.44. The Balaban J connectivity index is 1.63. The third-order valence-corrected chi connectivity index (χ3v) is 8.71. The van der Waals surface area contributed by atoms with Crippen molar-refractivity contribution in [2.45, 2.75) is 52.4 Å². The molecule has 0 fully saturated rings. The van der Waals surface area contributed by atoms with Gasteiger partial charge in [-0.25, -0.2) is 4.98 Å². The third-order valence-electron chi connectivity index (χ3n) is 7.01. The fourth-order valence-corrected chi connectivity index (χ4v) is 5.19. The zero-order valence-electron chi connectivity index (χ0n) is 25.9. The minimum Gasteiger partial charge on any atom is -0.492 e. The maximum atomic E-state index is 14.3. The summed E-state index contributed by atoms with van der Waals surface area (Å²) in [6.07, 6.45) is -3.15. The quantitative estimate of drug-likeness (QED) is 0.0898. The molecule has 0 N–H and O–H groups in total. The number of hydrogen-bond acceptors (Lipinski definition) is 6. The number of halogens is 3. The first-order chi connectivity index (χ1) is 20.7. The lowest BCUT2D eigenvalue weighted by molar-refractivity contribution is -0.152. The number of nitrogens with zero attached hydrogens (tertiary/aromatic N) is 3. The van der Waals surface area contributed by atoms with E-state index >= 15 is 0 Å². The van der Waals surface area contributed by atoms with Gasteiger partial charge in [0, 0.05) is 37.6 Å². The number of imidazole rings is 1. The van der Waals surface area contributed by atoms with Crippen molar-refractivity contribution in [3.63, 3.8) is 0 Å². The topological polar surface area (TPSA) is 75.5 Å². The highest BCUT2D eigenvalue weighted by molar-refractivity contribution is 6.76. The van der Waals surface area contributed by atoms with Crippen LogP contribution >= 0.6 is 0 Å². The highest BCUT2D eigenvalue weighted by Gasteiger charge is 2.40. The second kappa shape index (κ2) is 13.4. The van der Waals surface area contributed by atoms with Gasteiger partial charge in [0.15, 0.2) is 5.69 Å². The average Bonchev–Trinajstić information content (AvgIpc) is 3.38. The Labute approximate surface area is 257 Å². The van der Waals surface area contributed by atoms with E-state index in [2.05, 4.69) is 29.6 Å². The lowest BCUT2D eigenvalue weighted by Crippen LogP contribution is -2.32. The number of hydrogen-bond donors (Lipinski definition) is 0. The van der Waals surface area contributed by atoms with Crippen molar-refractivity contribution < 1.29 is 32.2 Å². The van der Waals surface area contributed by atoms with Crippen LogP contribution in [0.1, 0.15) is 19.5 Å². The van der Waals surface area contributed by atoms with Gasteiger partial charge in [-0.15, -0.1) is 0 Å². The molecule has 44 heavy (non-hydrogen) atoms. The molecule has 2 heterocycles. The van der Waals surface area contributed by atoms with E-state index in [-0.39, 0.29) is 30.8 Å². The summed E-state index contributed by atoms with van der Waals surface area (Å²) in [5.74, 6) is 0.335. The van der Waals surface area contributed by atoms with Crippen LogP contribution < -0.4 is 4.74 Å². The molecule has 11 heteroatoms. The van der Waals surface area contributed by atoms with Crippen LogP contribution in [0.2, 0.25) is 25.7 Å². The molecule has 0 aliphatic heterocycles.